The molecule has 0 aliphatic heterocycles. The minimum absolute atomic E-state index is 0.497. The number of nitrogens with one attached hydrogen (secondary N) is 1. The maximum atomic E-state index is 5.57. The van der Waals surface area contributed by atoms with E-state index in [0.29, 0.717) is 12.5 Å². The normalized spacial score (nSPS) is 11.1. The van der Waals surface area contributed by atoms with E-state index in [0.717, 1.165) is 53.3 Å². The summed E-state index contributed by atoms with van der Waals surface area (Å²) in [6.07, 6.45) is 3.08. The molecule has 0 aliphatic rings. The van der Waals surface area contributed by atoms with Crippen LogP contribution >= 0.6 is 22.6 Å². The second-order valence-corrected chi connectivity index (χ2v) is 6.41. The fourth-order valence-electron chi connectivity index (χ4n) is 1.80. The molecule has 0 saturated heterocycles. The van der Waals surface area contributed by atoms with Crippen LogP contribution in [0.4, 0.5) is 5.82 Å². The van der Waals surface area contributed by atoms with Crippen molar-refractivity contribution in [3.8, 4) is 0 Å². The second kappa shape index (κ2) is 9.50. The molecule has 0 radical (unpaired) electrons. The molecule has 0 fully saturated rings. The van der Waals surface area contributed by atoms with Gasteiger partial charge in [0.15, 0.2) is 5.82 Å². The standard InChI is InChI=1S/C15H26IN3O/c1-5-7-17-15-14(16)12(9-11(3)4)18-13(19-15)10-20-8-6-2/h11H,5-10H2,1-4H3,(H,17,18,19). The van der Waals surface area contributed by atoms with Gasteiger partial charge in [-0.05, 0) is 47.8 Å². The van der Waals surface area contributed by atoms with Gasteiger partial charge in [-0.15, -0.1) is 0 Å². The Morgan fingerprint density at radius 3 is 2.55 bits per heavy atom. The third-order valence-electron chi connectivity index (χ3n) is 2.69. The molecule has 0 bridgehead atoms. The zero-order chi connectivity index (χ0) is 15.0. The number of rotatable bonds is 9. The molecule has 0 saturated carbocycles. The van der Waals surface area contributed by atoms with Crippen LogP contribution in [0.2, 0.25) is 0 Å². The molecule has 20 heavy (non-hydrogen) atoms. The van der Waals surface area contributed by atoms with Gasteiger partial charge in [0.1, 0.15) is 12.4 Å². The summed E-state index contributed by atoms with van der Waals surface area (Å²) in [5.74, 6) is 2.32. The zero-order valence-corrected chi connectivity index (χ0v) is 15.2. The number of aromatic nitrogens is 2. The molecule has 0 amide bonds. The molecule has 0 atom stereocenters. The van der Waals surface area contributed by atoms with Gasteiger partial charge in [0, 0.05) is 13.2 Å². The van der Waals surface area contributed by atoms with E-state index in [4.69, 9.17) is 4.74 Å². The fraction of sp³-hybridized carbons (Fsp3) is 0.733. The molecular weight excluding hydrogens is 365 g/mol. The molecule has 0 unspecified atom stereocenters. The number of hydrogen-bond donors (Lipinski definition) is 1. The average molecular weight is 391 g/mol. The van der Waals surface area contributed by atoms with Crippen LogP contribution in [0.25, 0.3) is 0 Å². The molecule has 0 spiro atoms. The molecule has 1 aromatic rings. The monoisotopic (exact) mass is 391 g/mol. The molecule has 1 rings (SSSR count). The van der Waals surface area contributed by atoms with E-state index in [1.54, 1.807) is 0 Å². The minimum Gasteiger partial charge on any atom is -0.373 e. The van der Waals surface area contributed by atoms with E-state index in [2.05, 4.69) is 65.6 Å². The van der Waals surface area contributed by atoms with Gasteiger partial charge in [-0.2, -0.15) is 0 Å². The lowest BCUT2D eigenvalue weighted by atomic mass is 10.1. The Bertz CT molecular complexity index is 410. The molecule has 114 valence electrons. The lowest BCUT2D eigenvalue weighted by Gasteiger charge is -2.14. The van der Waals surface area contributed by atoms with Crippen molar-refractivity contribution in [1.29, 1.82) is 0 Å². The SMILES string of the molecule is CCCNc1nc(COCCC)nc(CC(C)C)c1I. The predicted octanol–water partition coefficient (Wildman–Crippen LogP) is 4.03. The zero-order valence-electron chi connectivity index (χ0n) is 13.0. The fourth-order valence-corrected chi connectivity index (χ4v) is 2.45. The van der Waals surface area contributed by atoms with Gasteiger partial charge in [-0.3, -0.25) is 0 Å². The maximum absolute atomic E-state index is 5.57. The first-order valence-electron chi connectivity index (χ1n) is 7.45. The van der Waals surface area contributed by atoms with Gasteiger partial charge >= 0.3 is 0 Å². The Hall–Kier alpha value is -0.430. The van der Waals surface area contributed by atoms with E-state index in [1.165, 1.54) is 0 Å². The summed E-state index contributed by atoms with van der Waals surface area (Å²) < 4.78 is 6.72. The highest BCUT2D eigenvalue weighted by Gasteiger charge is 2.13. The molecule has 0 aliphatic carbocycles. The van der Waals surface area contributed by atoms with Crippen molar-refractivity contribution in [2.75, 3.05) is 18.5 Å². The van der Waals surface area contributed by atoms with Gasteiger partial charge in [0.2, 0.25) is 0 Å². The van der Waals surface area contributed by atoms with Crippen LogP contribution in [0.3, 0.4) is 0 Å². The van der Waals surface area contributed by atoms with E-state index in [9.17, 15) is 0 Å². The number of hydrogen-bond acceptors (Lipinski definition) is 4. The van der Waals surface area contributed by atoms with E-state index < -0.39 is 0 Å². The highest BCUT2D eigenvalue weighted by atomic mass is 127. The largest absolute Gasteiger partial charge is 0.373 e. The van der Waals surface area contributed by atoms with Gasteiger partial charge in [0.05, 0.1) is 9.26 Å². The molecule has 1 aromatic heterocycles. The lowest BCUT2D eigenvalue weighted by molar-refractivity contribution is 0.116. The Kier molecular flexibility index (Phi) is 8.37. The third-order valence-corrected chi connectivity index (χ3v) is 3.82. The maximum Gasteiger partial charge on any atom is 0.156 e. The first-order valence-corrected chi connectivity index (χ1v) is 8.53. The number of ether oxygens (including phenoxy) is 1. The molecular formula is C15H26IN3O. The van der Waals surface area contributed by atoms with Crippen LogP contribution in [-0.4, -0.2) is 23.1 Å². The number of anilines is 1. The van der Waals surface area contributed by atoms with Crippen molar-refractivity contribution in [1.82, 2.24) is 9.97 Å². The van der Waals surface area contributed by atoms with Gasteiger partial charge in [-0.1, -0.05) is 27.7 Å². The van der Waals surface area contributed by atoms with E-state index in [-0.39, 0.29) is 0 Å². The van der Waals surface area contributed by atoms with E-state index >= 15 is 0 Å². The van der Waals surface area contributed by atoms with Crippen molar-refractivity contribution in [2.45, 2.75) is 53.6 Å². The van der Waals surface area contributed by atoms with Gasteiger partial charge in [0.25, 0.3) is 0 Å². The first-order chi connectivity index (χ1) is 9.58. The summed E-state index contributed by atoms with van der Waals surface area (Å²) in [5, 5.41) is 3.39. The topological polar surface area (TPSA) is 47.0 Å². The summed E-state index contributed by atoms with van der Waals surface area (Å²) in [6.45, 7) is 10.9. The van der Waals surface area contributed by atoms with Crippen molar-refractivity contribution >= 4 is 28.4 Å². The summed E-state index contributed by atoms with van der Waals surface area (Å²) in [6, 6.07) is 0. The molecule has 1 N–H and O–H groups in total. The summed E-state index contributed by atoms with van der Waals surface area (Å²) >= 11 is 2.35. The van der Waals surface area contributed by atoms with Crippen LogP contribution in [0, 0.1) is 9.49 Å². The van der Waals surface area contributed by atoms with Crippen LogP contribution in [0.15, 0.2) is 0 Å². The molecule has 0 aromatic carbocycles. The lowest BCUT2D eigenvalue weighted by Crippen LogP contribution is -2.13. The average Bonchev–Trinajstić information content (AvgIpc) is 2.40. The first kappa shape index (κ1) is 17.6. The highest BCUT2D eigenvalue weighted by Crippen LogP contribution is 2.22. The van der Waals surface area contributed by atoms with Crippen LogP contribution < -0.4 is 5.32 Å². The second-order valence-electron chi connectivity index (χ2n) is 5.33. The predicted molar refractivity (Wildman–Crippen MR) is 92.0 cm³/mol. The Labute approximate surface area is 136 Å². The quantitative estimate of drug-likeness (QED) is 0.510. The van der Waals surface area contributed by atoms with Crippen molar-refractivity contribution < 1.29 is 4.74 Å². The van der Waals surface area contributed by atoms with Crippen molar-refractivity contribution in [3.05, 3.63) is 15.1 Å². The highest BCUT2D eigenvalue weighted by molar-refractivity contribution is 14.1. The Morgan fingerprint density at radius 2 is 1.95 bits per heavy atom. The van der Waals surface area contributed by atoms with Crippen molar-refractivity contribution in [2.24, 2.45) is 5.92 Å². The van der Waals surface area contributed by atoms with E-state index in [1.807, 2.05) is 0 Å². The van der Waals surface area contributed by atoms with Crippen molar-refractivity contribution in [3.63, 3.8) is 0 Å². The summed E-state index contributed by atoms with van der Waals surface area (Å²) in [7, 11) is 0. The molecule has 1 heterocycles. The summed E-state index contributed by atoms with van der Waals surface area (Å²) in [4.78, 5) is 9.26. The van der Waals surface area contributed by atoms with Crippen LogP contribution in [-0.2, 0) is 17.8 Å². The molecule has 5 heteroatoms. The smallest absolute Gasteiger partial charge is 0.156 e. The minimum atomic E-state index is 0.497. The number of halogens is 1. The Morgan fingerprint density at radius 1 is 1.20 bits per heavy atom. The van der Waals surface area contributed by atoms with Gasteiger partial charge in [-0.25, -0.2) is 9.97 Å². The summed E-state index contributed by atoms with van der Waals surface area (Å²) in [5.41, 5.74) is 1.13. The number of nitrogens with zero attached hydrogens (tertiary/aromatic N) is 2. The molecule has 4 nitrogen and oxygen atoms in total. The van der Waals surface area contributed by atoms with Crippen LogP contribution in [0.5, 0.6) is 0 Å². The Balaban J connectivity index is 2.92. The third kappa shape index (κ3) is 5.91. The van der Waals surface area contributed by atoms with Gasteiger partial charge < -0.3 is 10.1 Å². The van der Waals surface area contributed by atoms with Crippen LogP contribution in [0.1, 0.15) is 52.1 Å².